The summed E-state index contributed by atoms with van der Waals surface area (Å²) in [7, 11) is 1.98. The lowest BCUT2D eigenvalue weighted by molar-refractivity contribution is -0.137. The van der Waals surface area contributed by atoms with Crippen molar-refractivity contribution in [1.82, 2.24) is 20.1 Å². The summed E-state index contributed by atoms with van der Waals surface area (Å²) in [5, 5.41) is 14.4. The molecule has 266 valence electrons. The van der Waals surface area contributed by atoms with Crippen molar-refractivity contribution in [2.75, 3.05) is 33.2 Å². The molecule has 1 aromatic heterocycles. The Morgan fingerprint density at radius 2 is 1.71 bits per heavy atom. The minimum atomic E-state index is -1.16. The topological polar surface area (TPSA) is 121 Å². The SMILES string of the molecule is CCCCNC.Cc1cc(-c2c(C)cc(F)cc2C)cc(C(CC(=O)O)NC=O)c1F.O=Cc1cccn(CCN2CC3(CCC3)C2)c1=O. The molecule has 1 aliphatic heterocycles. The van der Waals surface area contributed by atoms with E-state index in [1.807, 2.05) is 7.05 Å². The maximum absolute atomic E-state index is 14.6. The lowest BCUT2D eigenvalue weighted by Gasteiger charge is -2.56. The second-order valence-electron chi connectivity index (χ2n) is 13.1. The van der Waals surface area contributed by atoms with Gasteiger partial charge < -0.3 is 25.2 Å². The van der Waals surface area contributed by atoms with Crippen molar-refractivity contribution in [2.24, 2.45) is 5.41 Å². The van der Waals surface area contributed by atoms with Crippen LogP contribution >= 0.6 is 0 Å². The Labute approximate surface area is 287 Å². The number of carbonyl (C=O) groups excluding carboxylic acids is 2. The summed E-state index contributed by atoms with van der Waals surface area (Å²) >= 11 is 0. The van der Waals surface area contributed by atoms with Gasteiger partial charge in [0.05, 0.1) is 18.0 Å². The molecule has 1 amide bonds. The van der Waals surface area contributed by atoms with Crippen molar-refractivity contribution in [2.45, 2.75) is 78.8 Å². The molecule has 49 heavy (non-hydrogen) atoms. The number of aromatic nitrogens is 1. The molecule has 2 heterocycles. The van der Waals surface area contributed by atoms with E-state index in [9.17, 15) is 28.0 Å². The van der Waals surface area contributed by atoms with Crippen LogP contribution in [0.1, 0.15) is 84.1 Å². The first kappa shape index (κ1) is 39.2. The van der Waals surface area contributed by atoms with Crippen LogP contribution < -0.4 is 16.2 Å². The van der Waals surface area contributed by atoms with E-state index in [2.05, 4.69) is 22.5 Å². The number of rotatable bonds is 13. The smallest absolute Gasteiger partial charge is 0.305 e. The third-order valence-electron chi connectivity index (χ3n) is 9.24. The predicted octanol–water partition coefficient (Wildman–Crippen LogP) is 5.97. The average Bonchev–Trinajstić information content (AvgIpc) is 3.00. The number of carboxylic acids is 1. The molecular weight excluding hydrogens is 630 g/mol. The molecule has 5 rings (SSSR count). The van der Waals surface area contributed by atoms with E-state index in [-0.39, 0.29) is 22.5 Å². The van der Waals surface area contributed by atoms with Crippen LogP contribution in [-0.4, -0.2) is 66.5 Å². The van der Waals surface area contributed by atoms with E-state index in [4.69, 9.17) is 5.11 Å². The van der Waals surface area contributed by atoms with Gasteiger partial charge >= 0.3 is 5.97 Å². The fraction of sp³-hybridized carbons (Fsp3) is 0.474. The Morgan fingerprint density at radius 1 is 1.04 bits per heavy atom. The third-order valence-corrected chi connectivity index (χ3v) is 9.24. The van der Waals surface area contributed by atoms with Gasteiger partial charge in [0, 0.05) is 37.9 Å². The number of aldehydes is 1. The fourth-order valence-corrected chi connectivity index (χ4v) is 6.55. The molecule has 0 radical (unpaired) electrons. The van der Waals surface area contributed by atoms with Crippen LogP contribution in [0.4, 0.5) is 8.78 Å². The number of nitrogens with zero attached hydrogens (tertiary/aromatic N) is 2. The number of pyridine rings is 1. The lowest BCUT2D eigenvalue weighted by Crippen LogP contribution is -2.60. The standard InChI is InChI=1S/C19H19F2NO3.C14H18N2O2.C5H13N/c1-10-5-14(20)6-11(2)18(10)13-4-12(3)19(21)15(7-13)16(22-9-23)8-17(24)25;17-9-12-3-1-6-16(13(12)18)8-7-15-10-14(11-15)4-2-5-14;1-3-4-5-6-2/h4-7,9,16H,8H2,1-3H3,(H,22,23)(H,24,25);1,3,6,9H,2,4-5,7-8,10-11H2;6H,3-5H2,1-2H3. The van der Waals surface area contributed by atoms with E-state index in [0.29, 0.717) is 46.9 Å². The van der Waals surface area contributed by atoms with Crippen molar-refractivity contribution in [3.63, 3.8) is 0 Å². The minimum absolute atomic E-state index is 0.0904. The zero-order valence-electron chi connectivity index (χ0n) is 29.3. The van der Waals surface area contributed by atoms with Crippen LogP contribution in [0.25, 0.3) is 11.1 Å². The molecule has 1 spiro atoms. The van der Waals surface area contributed by atoms with Crippen LogP contribution in [0.15, 0.2) is 47.4 Å². The van der Waals surface area contributed by atoms with Crippen LogP contribution in [0.2, 0.25) is 0 Å². The molecule has 9 nitrogen and oxygen atoms in total. The highest BCUT2D eigenvalue weighted by Gasteiger charge is 2.46. The lowest BCUT2D eigenvalue weighted by atomic mass is 9.63. The summed E-state index contributed by atoms with van der Waals surface area (Å²) in [4.78, 5) is 46.8. The van der Waals surface area contributed by atoms with Gasteiger partial charge in [-0.3, -0.25) is 19.2 Å². The maximum Gasteiger partial charge on any atom is 0.305 e. The monoisotopic (exact) mass is 680 g/mol. The predicted molar refractivity (Wildman–Crippen MR) is 188 cm³/mol. The van der Waals surface area contributed by atoms with Crippen molar-refractivity contribution in [3.8, 4) is 11.1 Å². The molecule has 2 fully saturated rings. The molecule has 1 atom stereocenters. The second-order valence-corrected chi connectivity index (χ2v) is 13.1. The normalized spacial score (nSPS) is 15.0. The number of amides is 1. The Balaban J connectivity index is 0.000000235. The number of hydrogen-bond donors (Lipinski definition) is 3. The van der Waals surface area contributed by atoms with Gasteiger partial charge in [-0.2, -0.15) is 0 Å². The van der Waals surface area contributed by atoms with Crippen LogP contribution in [-0.2, 0) is 16.1 Å². The number of nitrogens with one attached hydrogen (secondary N) is 2. The molecule has 11 heteroatoms. The Hall–Kier alpha value is -4.22. The van der Waals surface area contributed by atoms with Gasteiger partial charge in [0.2, 0.25) is 6.41 Å². The zero-order valence-corrected chi connectivity index (χ0v) is 29.3. The highest BCUT2D eigenvalue weighted by atomic mass is 19.1. The molecule has 2 aromatic carbocycles. The quantitative estimate of drug-likeness (QED) is 0.150. The summed E-state index contributed by atoms with van der Waals surface area (Å²) in [5.74, 6) is -2.08. The van der Waals surface area contributed by atoms with Crippen LogP contribution in [0.3, 0.4) is 0 Å². The number of hydrogen-bond acceptors (Lipinski definition) is 6. The summed E-state index contributed by atoms with van der Waals surface area (Å²) in [6.45, 7) is 12.4. The molecule has 3 aromatic rings. The highest BCUT2D eigenvalue weighted by molar-refractivity contribution is 5.74. The molecule has 1 unspecified atom stereocenters. The third kappa shape index (κ3) is 10.6. The first-order chi connectivity index (χ1) is 23.4. The van der Waals surface area contributed by atoms with Gasteiger partial charge in [-0.25, -0.2) is 8.78 Å². The van der Waals surface area contributed by atoms with Gasteiger partial charge in [-0.1, -0.05) is 19.8 Å². The zero-order chi connectivity index (χ0) is 36.1. The summed E-state index contributed by atoms with van der Waals surface area (Å²) < 4.78 is 29.8. The Kier molecular flexibility index (Phi) is 14.8. The molecule has 0 bridgehead atoms. The summed E-state index contributed by atoms with van der Waals surface area (Å²) in [5.41, 5.74) is 3.89. The Morgan fingerprint density at radius 3 is 2.22 bits per heavy atom. The molecule has 3 N–H and O–H groups in total. The van der Waals surface area contributed by atoms with Crippen LogP contribution in [0.5, 0.6) is 0 Å². The van der Waals surface area contributed by atoms with Gasteiger partial charge in [0.1, 0.15) is 11.6 Å². The maximum atomic E-state index is 14.6. The first-order valence-corrected chi connectivity index (χ1v) is 16.9. The molecule has 1 saturated carbocycles. The van der Waals surface area contributed by atoms with Crippen LogP contribution in [0, 0.1) is 37.8 Å². The number of likely N-dealkylation sites (tertiary alicyclic amines) is 1. The number of aryl methyl sites for hydroxylation is 3. The molecular formula is C38H50F2N4O5. The summed E-state index contributed by atoms with van der Waals surface area (Å²) in [6, 6.07) is 8.26. The van der Waals surface area contributed by atoms with Crippen molar-refractivity contribution < 1.29 is 28.3 Å². The number of carbonyl (C=O) groups is 3. The number of carboxylic acid groups (broad SMARTS) is 1. The van der Waals surface area contributed by atoms with Crippen molar-refractivity contribution in [1.29, 1.82) is 0 Å². The molecule has 2 aliphatic rings. The fourth-order valence-electron chi connectivity index (χ4n) is 6.55. The van der Waals surface area contributed by atoms with E-state index in [0.717, 1.165) is 18.7 Å². The van der Waals surface area contributed by atoms with Crippen molar-refractivity contribution >= 4 is 18.7 Å². The largest absolute Gasteiger partial charge is 0.481 e. The van der Waals surface area contributed by atoms with E-state index in [1.165, 1.54) is 63.4 Å². The molecule has 1 saturated heterocycles. The van der Waals surface area contributed by atoms with Gasteiger partial charge in [0.15, 0.2) is 6.29 Å². The number of unbranched alkanes of at least 4 members (excludes halogenated alkanes) is 1. The highest BCUT2D eigenvalue weighted by Crippen LogP contribution is 2.47. The van der Waals surface area contributed by atoms with Gasteiger partial charge in [-0.15, -0.1) is 0 Å². The number of halogens is 2. The van der Waals surface area contributed by atoms with E-state index >= 15 is 0 Å². The first-order valence-electron chi connectivity index (χ1n) is 16.9. The minimum Gasteiger partial charge on any atom is -0.481 e. The Bertz CT molecular complexity index is 1620. The average molecular weight is 681 g/mol. The van der Waals surface area contributed by atoms with E-state index < -0.39 is 24.2 Å². The second kappa shape index (κ2) is 18.5. The number of aliphatic carboxylic acids is 1. The van der Waals surface area contributed by atoms with Gasteiger partial charge in [-0.05, 0) is 123 Å². The molecule has 1 aliphatic carbocycles. The number of benzene rings is 2. The van der Waals surface area contributed by atoms with E-state index in [1.54, 1.807) is 49.7 Å². The summed E-state index contributed by atoms with van der Waals surface area (Å²) in [6.07, 6.45) is 9.03. The van der Waals surface area contributed by atoms with Crippen molar-refractivity contribution in [3.05, 3.63) is 92.4 Å². The van der Waals surface area contributed by atoms with Gasteiger partial charge in [0.25, 0.3) is 5.56 Å².